The number of benzene rings is 1. The van der Waals surface area contributed by atoms with E-state index >= 15 is 0 Å². The molecule has 2 rings (SSSR count). The van der Waals surface area contributed by atoms with Gasteiger partial charge in [-0.15, -0.1) is 0 Å². The lowest BCUT2D eigenvalue weighted by atomic mass is 9.96. The topological polar surface area (TPSA) is 35.6 Å². The van der Waals surface area contributed by atoms with E-state index < -0.39 is 0 Å². The fourth-order valence-electron chi connectivity index (χ4n) is 3.79. The third-order valence-corrected chi connectivity index (χ3v) is 5.39. The molecule has 4 heteroatoms. The van der Waals surface area contributed by atoms with Crippen LogP contribution in [-0.2, 0) is 4.79 Å². The maximum atomic E-state index is 12.5. The van der Waals surface area contributed by atoms with Crippen LogP contribution in [0, 0.1) is 5.92 Å². The Bertz CT molecular complexity index is 550. The second kappa shape index (κ2) is 10.7. The minimum absolute atomic E-state index is 0.108. The Morgan fingerprint density at radius 2 is 1.96 bits per heavy atom. The lowest BCUT2D eigenvalue weighted by molar-refractivity contribution is -0.117. The Hall–Kier alpha value is -1.39. The van der Waals surface area contributed by atoms with Crippen LogP contribution in [0.3, 0.4) is 0 Å². The predicted molar refractivity (Wildman–Crippen MR) is 111 cm³/mol. The van der Waals surface area contributed by atoms with Crippen LogP contribution in [0.15, 0.2) is 24.3 Å². The van der Waals surface area contributed by atoms with Crippen molar-refractivity contribution in [3.8, 4) is 0 Å². The summed E-state index contributed by atoms with van der Waals surface area (Å²) in [5.74, 6) is 1.29. The summed E-state index contributed by atoms with van der Waals surface area (Å²) in [6.45, 7) is 11.5. The number of unbranched alkanes of at least 4 members (excludes halogenated alkanes) is 1. The lowest BCUT2D eigenvalue weighted by Gasteiger charge is -2.33. The smallest absolute Gasteiger partial charge is 0.238 e. The maximum absolute atomic E-state index is 12.5. The number of piperidine rings is 1. The van der Waals surface area contributed by atoms with Crippen molar-refractivity contribution in [2.45, 2.75) is 52.4 Å². The molecule has 1 heterocycles. The molecule has 1 saturated heterocycles. The summed E-state index contributed by atoms with van der Waals surface area (Å²) >= 11 is 0. The molecule has 26 heavy (non-hydrogen) atoms. The molecular weight excluding hydrogens is 322 g/mol. The van der Waals surface area contributed by atoms with E-state index in [4.69, 9.17) is 0 Å². The summed E-state index contributed by atoms with van der Waals surface area (Å²) in [7, 11) is 2.24. The number of nitrogens with zero attached hydrogens (tertiary/aromatic N) is 2. The van der Waals surface area contributed by atoms with Crippen LogP contribution >= 0.6 is 0 Å². The number of nitrogens with one attached hydrogen (secondary N) is 1. The molecule has 1 amide bonds. The minimum Gasteiger partial charge on any atom is -0.325 e. The van der Waals surface area contributed by atoms with E-state index in [1.165, 1.54) is 44.3 Å². The largest absolute Gasteiger partial charge is 0.325 e. The van der Waals surface area contributed by atoms with Crippen LogP contribution in [0.25, 0.3) is 0 Å². The van der Waals surface area contributed by atoms with Crippen LogP contribution < -0.4 is 5.32 Å². The van der Waals surface area contributed by atoms with E-state index in [1.807, 2.05) is 18.2 Å². The lowest BCUT2D eigenvalue weighted by Crippen LogP contribution is -2.41. The first-order valence-corrected chi connectivity index (χ1v) is 10.3. The van der Waals surface area contributed by atoms with Gasteiger partial charge >= 0.3 is 0 Å². The summed E-state index contributed by atoms with van der Waals surface area (Å²) < 4.78 is 0. The molecule has 1 fully saturated rings. The molecule has 1 N–H and O–H groups in total. The van der Waals surface area contributed by atoms with Crippen molar-refractivity contribution in [3.05, 3.63) is 29.8 Å². The first-order chi connectivity index (χ1) is 12.5. The molecule has 0 aliphatic carbocycles. The number of amides is 1. The van der Waals surface area contributed by atoms with E-state index in [-0.39, 0.29) is 5.91 Å². The Balaban J connectivity index is 1.75. The summed E-state index contributed by atoms with van der Waals surface area (Å²) in [6, 6.07) is 8.13. The highest BCUT2D eigenvalue weighted by Crippen LogP contribution is 2.24. The molecule has 0 spiro atoms. The average molecular weight is 360 g/mol. The van der Waals surface area contributed by atoms with Gasteiger partial charge in [-0.05, 0) is 69.4 Å². The molecule has 0 radical (unpaired) electrons. The Morgan fingerprint density at radius 3 is 2.62 bits per heavy atom. The zero-order valence-electron chi connectivity index (χ0n) is 17.1. The average Bonchev–Trinajstić information content (AvgIpc) is 2.62. The molecule has 0 saturated carbocycles. The molecule has 0 aromatic heterocycles. The molecular formula is C22H37N3O. The fourth-order valence-corrected chi connectivity index (χ4v) is 3.79. The molecule has 1 aliphatic heterocycles. The van der Waals surface area contributed by atoms with Crippen molar-refractivity contribution < 1.29 is 4.79 Å². The number of carbonyl (C=O) groups excluding carboxylic acids is 1. The van der Waals surface area contributed by atoms with Crippen molar-refractivity contribution in [1.29, 1.82) is 0 Å². The maximum Gasteiger partial charge on any atom is 0.238 e. The van der Waals surface area contributed by atoms with E-state index in [0.29, 0.717) is 12.5 Å². The van der Waals surface area contributed by atoms with Crippen LogP contribution in [0.2, 0.25) is 0 Å². The van der Waals surface area contributed by atoms with Crippen LogP contribution in [0.5, 0.6) is 0 Å². The fraction of sp³-hybridized carbons (Fsp3) is 0.682. The van der Waals surface area contributed by atoms with E-state index in [1.54, 1.807) is 0 Å². The van der Waals surface area contributed by atoms with Gasteiger partial charge in [0.05, 0.1) is 6.54 Å². The summed E-state index contributed by atoms with van der Waals surface area (Å²) in [5.41, 5.74) is 2.16. The zero-order valence-corrected chi connectivity index (χ0v) is 17.1. The van der Waals surface area contributed by atoms with E-state index in [2.05, 4.69) is 49.0 Å². The second-order valence-electron chi connectivity index (χ2n) is 8.13. The van der Waals surface area contributed by atoms with Gasteiger partial charge in [0.25, 0.3) is 0 Å². The van der Waals surface area contributed by atoms with Gasteiger partial charge in [0.15, 0.2) is 0 Å². The minimum atomic E-state index is 0.108. The predicted octanol–water partition coefficient (Wildman–Crippen LogP) is 4.19. The van der Waals surface area contributed by atoms with Gasteiger partial charge in [0.1, 0.15) is 0 Å². The van der Waals surface area contributed by atoms with Gasteiger partial charge in [-0.25, -0.2) is 0 Å². The SMILES string of the molecule is CCCCN(C)CC1CCN(CC(=O)Nc2ccccc2C(C)C)CC1. The van der Waals surface area contributed by atoms with Gasteiger partial charge in [0, 0.05) is 12.2 Å². The Morgan fingerprint density at radius 1 is 1.27 bits per heavy atom. The number of para-hydroxylation sites is 1. The number of anilines is 1. The molecule has 146 valence electrons. The van der Waals surface area contributed by atoms with Crippen molar-refractivity contribution in [2.75, 3.05) is 45.1 Å². The summed E-state index contributed by atoms with van der Waals surface area (Å²) in [6.07, 6.45) is 4.95. The molecule has 4 nitrogen and oxygen atoms in total. The highest BCUT2D eigenvalue weighted by molar-refractivity contribution is 5.93. The second-order valence-corrected chi connectivity index (χ2v) is 8.13. The standard InChI is InChI=1S/C22H37N3O/c1-5-6-13-24(4)16-19-11-14-25(15-12-19)17-22(26)23-21-10-8-7-9-20(21)18(2)3/h7-10,18-19H,5-6,11-17H2,1-4H3,(H,23,26). The Labute approximate surface area is 159 Å². The number of likely N-dealkylation sites (tertiary alicyclic amines) is 1. The van der Waals surface area contributed by atoms with Crippen molar-refractivity contribution in [3.63, 3.8) is 0 Å². The molecule has 0 unspecified atom stereocenters. The zero-order chi connectivity index (χ0) is 18.9. The number of carbonyl (C=O) groups is 1. The third kappa shape index (κ3) is 6.73. The quantitative estimate of drug-likeness (QED) is 0.718. The van der Waals surface area contributed by atoms with Gasteiger partial charge in [-0.2, -0.15) is 0 Å². The first kappa shape index (κ1) is 20.9. The van der Waals surface area contributed by atoms with E-state index in [9.17, 15) is 4.79 Å². The van der Waals surface area contributed by atoms with Crippen LogP contribution in [0.1, 0.15) is 57.9 Å². The number of hydrogen-bond acceptors (Lipinski definition) is 3. The Kier molecular flexibility index (Phi) is 8.60. The highest BCUT2D eigenvalue weighted by Gasteiger charge is 2.22. The molecule has 1 aliphatic rings. The molecule has 0 bridgehead atoms. The molecule has 1 aromatic carbocycles. The molecule has 0 atom stereocenters. The number of hydrogen-bond donors (Lipinski definition) is 1. The van der Waals surface area contributed by atoms with Gasteiger partial charge in [-0.3, -0.25) is 9.69 Å². The third-order valence-electron chi connectivity index (χ3n) is 5.39. The highest BCUT2D eigenvalue weighted by atomic mass is 16.2. The van der Waals surface area contributed by atoms with Crippen molar-refractivity contribution in [2.24, 2.45) is 5.92 Å². The summed E-state index contributed by atoms with van der Waals surface area (Å²) in [5, 5.41) is 3.12. The molecule has 1 aromatic rings. The van der Waals surface area contributed by atoms with Gasteiger partial charge in [0.2, 0.25) is 5.91 Å². The number of rotatable bonds is 9. The van der Waals surface area contributed by atoms with Crippen molar-refractivity contribution >= 4 is 11.6 Å². The summed E-state index contributed by atoms with van der Waals surface area (Å²) in [4.78, 5) is 17.2. The van der Waals surface area contributed by atoms with E-state index in [0.717, 1.165) is 24.7 Å². The van der Waals surface area contributed by atoms with Crippen molar-refractivity contribution in [1.82, 2.24) is 9.80 Å². The van der Waals surface area contributed by atoms with Crippen LogP contribution in [0.4, 0.5) is 5.69 Å². The first-order valence-electron chi connectivity index (χ1n) is 10.3. The van der Waals surface area contributed by atoms with Crippen LogP contribution in [-0.4, -0.2) is 55.5 Å². The van der Waals surface area contributed by atoms with Gasteiger partial charge in [-0.1, -0.05) is 45.4 Å². The van der Waals surface area contributed by atoms with Gasteiger partial charge < -0.3 is 10.2 Å². The monoisotopic (exact) mass is 359 g/mol. The normalized spacial score (nSPS) is 16.4.